The third kappa shape index (κ3) is 4.33. The summed E-state index contributed by atoms with van der Waals surface area (Å²) in [6.07, 6.45) is 4.40. The number of likely N-dealkylation sites (N-methyl/N-ethyl adjacent to an activating group) is 1. The van der Waals surface area contributed by atoms with Crippen LogP contribution in [0.4, 0.5) is 5.69 Å². The van der Waals surface area contributed by atoms with E-state index in [0.717, 1.165) is 58.1 Å². The fraction of sp³-hybridized carbons (Fsp3) is 0.321. The van der Waals surface area contributed by atoms with Crippen LogP contribution in [0.15, 0.2) is 65.5 Å². The molecule has 1 atom stereocenters. The van der Waals surface area contributed by atoms with E-state index in [1.165, 1.54) is 5.57 Å². The molecule has 1 heterocycles. The monoisotopic (exact) mass is 445 g/mol. The summed E-state index contributed by atoms with van der Waals surface area (Å²) in [5.74, 6) is 1.32. The lowest BCUT2D eigenvalue weighted by Gasteiger charge is -2.30. The van der Waals surface area contributed by atoms with E-state index in [-0.39, 0.29) is 12.0 Å². The number of rotatable bonds is 7. The first-order valence-corrected chi connectivity index (χ1v) is 11.8. The number of quaternary nitrogens is 1. The summed E-state index contributed by atoms with van der Waals surface area (Å²) in [7, 11) is 0. The van der Waals surface area contributed by atoms with Gasteiger partial charge in [0.05, 0.1) is 18.7 Å². The molecule has 1 aliphatic carbocycles. The number of esters is 1. The SMILES string of the molecule is CCNc1cc2c(cc1C)C(c1ccccc1C(=O)OCC)=C1C=C(C)C([NH2+]CC)C=C1O2. The van der Waals surface area contributed by atoms with Gasteiger partial charge in [-0.15, -0.1) is 0 Å². The molecule has 4 rings (SSSR count). The summed E-state index contributed by atoms with van der Waals surface area (Å²) in [5.41, 5.74) is 7.87. The summed E-state index contributed by atoms with van der Waals surface area (Å²) in [6.45, 7) is 12.5. The smallest absolute Gasteiger partial charge is 0.338 e. The predicted molar refractivity (Wildman–Crippen MR) is 132 cm³/mol. The van der Waals surface area contributed by atoms with E-state index in [9.17, 15) is 4.79 Å². The van der Waals surface area contributed by atoms with Crippen molar-refractivity contribution in [1.82, 2.24) is 0 Å². The zero-order chi connectivity index (χ0) is 23.5. The maximum absolute atomic E-state index is 12.9. The fourth-order valence-electron chi connectivity index (χ4n) is 4.56. The Hall–Kier alpha value is -3.31. The molecule has 2 aromatic carbocycles. The highest BCUT2D eigenvalue weighted by atomic mass is 16.5. The normalized spacial score (nSPS) is 16.8. The summed E-state index contributed by atoms with van der Waals surface area (Å²) in [5, 5.41) is 5.72. The van der Waals surface area contributed by atoms with Crippen molar-refractivity contribution >= 4 is 17.2 Å². The Balaban J connectivity index is 1.99. The second-order valence-corrected chi connectivity index (χ2v) is 8.44. The van der Waals surface area contributed by atoms with Crippen LogP contribution in [-0.4, -0.2) is 31.7 Å². The molecule has 0 bridgehead atoms. The first kappa shape index (κ1) is 22.9. The Kier molecular flexibility index (Phi) is 6.70. The Morgan fingerprint density at radius 3 is 2.64 bits per heavy atom. The van der Waals surface area contributed by atoms with Gasteiger partial charge in [0.1, 0.15) is 17.6 Å². The van der Waals surface area contributed by atoms with Crippen LogP contribution in [0.5, 0.6) is 5.75 Å². The lowest BCUT2D eigenvalue weighted by Crippen LogP contribution is -2.89. The second kappa shape index (κ2) is 9.67. The van der Waals surface area contributed by atoms with Gasteiger partial charge in [0.2, 0.25) is 0 Å². The molecule has 2 aromatic rings. The van der Waals surface area contributed by atoms with E-state index in [4.69, 9.17) is 9.47 Å². The summed E-state index contributed by atoms with van der Waals surface area (Å²) >= 11 is 0. The van der Waals surface area contributed by atoms with Crippen molar-refractivity contribution < 1.29 is 19.6 Å². The number of fused-ring (bicyclic) bond motifs is 2. The molecule has 5 heteroatoms. The number of nitrogens with one attached hydrogen (secondary N) is 1. The first-order valence-electron chi connectivity index (χ1n) is 11.8. The Labute approximate surface area is 196 Å². The predicted octanol–water partition coefficient (Wildman–Crippen LogP) is 4.59. The third-order valence-electron chi connectivity index (χ3n) is 6.13. The molecular formula is C28H33N2O3+. The van der Waals surface area contributed by atoms with Crippen LogP contribution in [0.2, 0.25) is 0 Å². The van der Waals surface area contributed by atoms with Gasteiger partial charge in [-0.05, 0) is 69.5 Å². The van der Waals surface area contributed by atoms with Crippen molar-refractivity contribution in [2.45, 2.75) is 40.7 Å². The van der Waals surface area contributed by atoms with E-state index < -0.39 is 0 Å². The van der Waals surface area contributed by atoms with Gasteiger partial charge in [0.25, 0.3) is 0 Å². The maximum Gasteiger partial charge on any atom is 0.338 e. The average molecular weight is 446 g/mol. The molecule has 0 spiro atoms. The maximum atomic E-state index is 12.9. The molecule has 0 amide bonds. The summed E-state index contributed by atoms with van der Waals surface area (Å²) in [6, 6.07) is 12.2. The number of hydrogen-bond donors (Lipinski definition) is 2. The van der Waals surface area contributed by atoms with Gasteiger partial charge in [-0.3, -0.25) is 0 Å². The van der Waals surface area contributed by atoms with E-state index >= 15 is 0 Å². The van der Waals surface area contributed by atoms with Crippen molar-refractivity contribution in [2.24, 2.45) is 0 Å². The van der Waals surface area contributed by atoms with Crippen molar-refractivity contribution in [3.63, 3.8) is 0 Å². The Morgan fingerprint density at radius 1 is 1.12 bits per heavy atom. The van der Waals surface area contributed by atoms with Gasteiger partial charge in [0, 0.05) is 41.1 Å². The van der Waals surface area contributed by atoms with Crippen molar-refractivity contribution in [3.8, 4) is 5.75 Å². The van der Waals surface area contributed by atoms with Crippen molar-refractivity contribution in [1.29, 1.82) is 0 Å². The molecule has 0 saturated heterocycles. The molecule has 0 saturated carbocycles. The zero-order valence-corrected chi connectivity index (χ0v) is 20.1. The van der Waals surface area contributed by atoms with Gasteiger partial charge in [-0.1, -0.05) is 18.2 Å². The molecule has 2 aliphatic rings. The summed E-state index contributed by atoms with van der Waals surface area (Å²) in [4.78, 5) is 12.9. The van der Waals surface area contributed by atoms with E-state index in [1.807, 2.05) is 31.2 Å². The number of ether oxygens (including phenoxy) is 2. The molecule has 0 fully saturated rings. The average Bonchev–Trinajstić information content (AvgIpc) is 2.80. The second-order valence-electron chi connectivity index (χ2n) is 8.44. The highest BCUT2D eigenvalue weighted by Crippen LogP contribution is 2.46. The number of nitrogens with two attached hydrogens (primary N) is 1. The number of anilines is 1. The standard InChI is InChI=1S/C28H32N2O3/c1-6-29-23-15-25-21(13-17(23)4)27(19-11-9-10-12-20(19)28(31)32-8-3)22-14-18(5)24(30-7-2)16-26(22)33-25/h9-16,23,29-30H,6-8H2,1-5H3/p+1. The molecule has 3 N–H and O–H groups in total. The highest BCUT2D eigenvalue weighted by molar-refractivity contribution is 6.01. The molecule has 33 heavy (non-hydrogen) atoms. The van der Waals surface area contributed by atoms with Crippen molar-refractivity contribution in [3.05, 3.63) is 87.7 Å². The lowest BCUT2D eigenvalue weighted by atomic mass is 9.83. The topological polar surface area (TPSA) is 64.2 Å². The minimum atomic E-state index is -0.311. The molecule has 1 aliphatic heterocycles. The van der Waals surface area contributed by atoms with Crippen LogP contribution in [0.1, 0.15) is 54.7 Å². The van der Waals surface area contributed by atoms with E-state index in [1.54, 1.807) is 0 Å². The lowest BCUT2D eigenvalue weighted by molar-refractivity contribution is -0.668. The van der Waals surface area contributed by atoms with E-state index in [0.29, 0.717) is 12.2 Å². The van der Waals surface area contributed by atoms with Gasteiger partial charge >= 0.3 is 5.97 Å². The van der Waals surface area contributed by atoms with Crippen LogP contribution in [0.25, 0.3) is 5.57 Å². The van der Waals surface area contributed by atoms with Crippen LogP contribution in [-0.2, 0) is 4.74 Å². The number of hydrogen-bond acceptors (Lipinski definition) is 4. The zero-order valence-electron chi connectivity index (χ0n) is 20.1. The Bertz CT molecular complexity index is 1170. The minimum Gasteiger partial charge on any atom is -0.462 e. The fourth-order valence-corrected chi connectivity index (χ4v) is 4.56. The minimum absolute atomic E-state index is 0.232. The van der Waals surface area contributed by atoms with Crippen LogP contribution in [0, 0.1) is 6.92 Å². The molecule has 5 nitrogen and oxygen atoms in total. The molecule has 0 aromatic heterocycles. The molecule has 172 valence electrons. The van der Waals surface area contributed by atoms with Gasteiger partial charge in [-0.2, -0.15) is 0 Å². The number of allylic oxidation sites excluding steroid dienone is 1. The number of benzene rings is 2. The number of aryl methyl sites for hydroxylation is 1. The largest absolute Gasteiger partial charge is 0.462 e. The first-order chi connectivity index (χ1) is 16.0. The molecule has 1 unspecified atom stereocenters. The Morgan fingerprint density at radius 2 is 1.91 bits per heavy atom. The summed E-state index contributed by atoms with van der Waals surface area (Å²) < 4.78 is 11.9. The third-order valence-corrected chi connectivity index (χ3v) is 6.13. The highest BCUT2D eigenvalue weighted by Gasteiger charge is 2.32. The van der Waals surface area contributed by atoms with Gasteiger partial charge < -0.3 is 20.1 Å². The van der Waals surface area contributed by atoms with Crippen LogP contribution in [0.3, 0.4) is 0 Å². The van der Waals surface area contributed by atoms with Crippen molar-refractivity contribution in [2.75, 3.05) is 25.0 Å². The van der Waals surface area contributed by atoms with Crippen LogP contribution < -0.4 is 15.4 Å². The van der Waals surface area contributed by atoms with Crippen LogP contribution >= 0.6 is 0 Å². The van der Waals surface area contributed by atoms with Gasteiger partial charge in [0.15, 0.2) is 0 Å². The quantitative estimate of drug-likeness (QED) is 0.612. The van der Waals surface area contributed by atoms with Gasteiger partial charge in [-0.25, -0.2) is 4.79 Å². The molecule has 0 radical (unpaired) electrons. The number of carbonyl (C=O) groups is 1. The number of carbonyl (C=O) groups excluding carboxylic acids is 1. The molecular weight excluding hydrogens is 412 g/mol. The van der Waals surface area contributed by atoms with E-state index in [2.05, 4.69) is 62.6 Å².